The summed E-state index contributed by atoms with van der Waals surface area (Å²) in [6, 6.07) is 1.26. The fraction of sp³-hybridized carbons (Fsp3) is 1.00. The van der Waals surface area contributed by atoms with Crippen molar-refractivity contribution in [3.63, 3.8) is 0 Å². The van der Waals surface area contributed by atoms with E-state index in [1.807, 2.05) is 11.8 Å². The standard InChI is InChI=1S/C9H19NOS/c1-8(4-6-12-2)10-9-3-5-11-7-9/h8-10H,3-7H2,1-2H3. The van der Waals surface area contributed by atoms with E-state index in [-0.39, 0.29) is 0 Å². The van der Waals surface area contributed by atoms with Crippen LogP contribution in [0.15, 0.2) is 0 Å². The topological polar surface area (TPSA) is 21.3 Å². The first-order valence-electron chi connectivity index (χ1n) is 4.65. The van der Waals surface area contributed by atoms with Gasteiger partial charge < -0.3 is 10.1 Å². The molecule has 2 nitrogen and oxygen atoms in total. The summed E-state index contributed by atoms with van der Waals surface area (Å²) in [6.45, 7) is 4.10. The van der Waals surface area contributed by atoms with Gasteiger partial charge in [0.2, 0.25) is 0 Å². The molecule has 0 saturated carbocycles. The second-order valence-electron chi connectivity index (χ2n) is 3.41. The van der Waals surface area contributed by atoms with Crippen molar-refractivity contribution >= 4 is 11.8 Å². The number of hydrogen-bond acceptors (Lipinski definition) is 3. The van der Waals surface area contributed by atoms with Crippen molar-refractivity contribution in [1.82, 2.24) is 5.32 Å². The van der Waals surface area contributed by atoms with Crippen molar-refractivity contribution < 1.29 is 4.74 Å². The van der Waals surface area contributed by atoms with E-state index >= 15 is 0 Å². The molecule has 1 aliphatic heterocycles. The predicted molar refractivity (Wildman–Crippen MR) is 54.8 cm³/mol. The first-order chi connectivity index (χ1) is 5.83. The Bertz CT molecular complexity index is 115. The Kier molecular flexibility index (Phi) is 5.04. The SMILES string of the molecule is CSCCC(C)NC1CCOC1. The third kappa shape index (κ3) is 3.78. The largest absolute Gasteiger partial charge is 0.380 e. The molecule has 2 unspecified atom stereocenters. The van der Waals surface area contributed by atoms with Gasteiger partial charge in [0.1, 0.15) is 0 Å². The minimum absolute atomic E-state index is 0.613. The Hall–Kier alpha value is 0.270. The predicted octanol–water partition coefficient (Wildman–Crippen LogP) is 1.51. The van der Waals surface area contributed by atoms with E-state index in [0.717, 1.165) is 13.2 Å². The van der Waals surface area contributed by atoms with Crippen molar-refractivity contribution in [2.45, 2.75) is 31.8 Å². The quantitative estimate of drug-likeness (QED) is 0.708. The summed E-state index contributed by atoms with van der Waals surface area (Å²) in [6.07, 6.45) is 4.60. The van der Waals surface area contributed by atoms with E-state index < -0.39 is 0 Å². The molecule has 72 valence electrons. The summed E-state index contributed by atoms with van der Waals surface area (Å²) < 4.78 is 5.29. The molecule has 0 bridgehead atoms. The molecule has 1 saturated heterocycles. The molecule has 0 radical (unpaired) electrons. The van der Waals surface area contributed by atoms with E-state index in [0.29, 0.717) is 12.1 Å². The summed E-state index contributed by atoms with van der Waals surface area (Å²) in [7, 11) is 0. The highest BCUT2D eigenvalue weighted by molar-refractivity contribution is 7.98. The Morgan fingerprint density at radius 2 is 2.50 bits per heavy atom. The number of rotatable bonds is 5. The monoisotopic (exact) mass is 189 g/mol. The third-order valence-corrected chi connectivity index (χ3v) is 2.85. The second-order valence-corrected chi connectivity index (χ2v) is 4.40. The van der Waals surface area contributed by atoms with Gasteiger partial charge in [0.25, 0.3) is 0 Å². The van der Waals surface area contributed by atoms with Crippen LogP contribution in [0.25, 0.3) is 0 Å². The molecule has 1 fully saturated rings. The average Bonchev–Trinajstić information content (AvgIpc) is 2.53. The van der Waals surface area contributed by atoms with Crippen molar-refractivity contribution in [1.29, 1.82) is 0 Å². The van der Waals surface area contributed by atoms with Gasteiger partial charge in [0.15, 0.2) is 0 Å². The zero-order chi connectivity index (χ0) is 8.81. The van der Waals surface area contributed by atoms with E-state index in [4.69, 9.17) is 4.74 Å². The maximum atomic E-state index is 5.29. The third-order valence-electron chi connectivity index (χ3n) is 2.20. The van der Waals surface area contributed by atoms with Gasteiger partial charge in [-0.3, -0.25) is 0 Å². The maximum Gasteiger partial charge on any atom is 0.0620 e. The fourth-order valence-corrected chi connectivity index (χ4v) is 2.04. The van der Waals surface area contributed by atoms with Gasteiger partial charge >= 0.3 is 0 Å². The summed E-state index contributed by atoms with van der Waals surface area (Å²) in [4.78, 5) is 0. The van der Waals surface area contributed by atoms with Crippen LogP contribution in [0.3, 0.4) is 0 Å². The number of hydrogen-bond donors (Lipinski definition) is 1. The maximum absolute atomic E-state index is 5.29. The van der Waals surface area contributed by atoms with E-state index in [9.17, 15) is 0 Å². The lowest BCUT2D eigenvalue weighted by atomic mass is 10.2. The minimum Gasteiger partial charge on any atom is -0.380 e. The molecule has 1 N–H and O–H groups in total. The Labute approximate surface area is 79.4 Å². The van der Waals surface area contributed by atoms with Crippen LogP contribution in [0.4, 0.5) is 0 Å². The fourth-order valence-electron chi connectivity index (χ4n) is 1.45. The van der Waals surface area contributed by atoms with Crippen LogP contribution in [-0.2, 0) is 4.74 Å². The number of ether oxygens (including phenoxy) is 1. The molecule has 3 heteroatoms. The van der Waals surface area contributed by atoms with Crippen molar-refractivity contribution in [3.8, 4) is 0 Å². The molecule has 0 aliphatic carbocycles. The van der Waals surface area contributed by atoms with Crippen LogP contribution in [0.1, 0.15) is 19.8 Å². The Morgan fingerprint density at radius 3 is 3.08 bits per heavy atom. The smallest absolute Gasteiger partial charge is 0.0620 e. The van der Waals surface area contributed by atoms with Crippen molar-refractivity contribution in [2.24, 2.45) is 0 Å². The molecule has 1 aliphatic rings. The second kappa shape index (κ2) is 5.84. The molecule has 0 aromatic heterocycles. The van der Waals surface area contributed by atoms with Crippen molar-refractivity contribution in [3.05, 3.63) is 0 Å². The number of nitrogens with one attached hydrogen (secondary N) is 1. The molecular formula is C9H19NOS. The van der Waals surface area contributed by atoms with Gasteiger partial charge in [0, 0.05) is 18.7 Å². The van der Waals surface area contributed by atoms with Gasteiger partial charge in [-0.25, -0.2) is 0 Å². The van der Waals surface area contributed by atoms with Crippen LogP contribution < -0.4 is 5.32 Å². The van der Waals surface area contributed by atoms with Crippen LogP contribution in [0.5, 0.6) is 0 Å². The summed E-state index contributed by atoms with van der Waals surface area (Å²) >= 11 is 1.92. The molecule has 12 heavy (non-hydrogen) atoms. The molecule has 0 amide bonds. The lowest BCUT2D eigenvalue weighted by molar-refractivity contribution is 0.188. The van der Waals surface area contributed by atoms with E-state index in [1.165, 1.54) is 18.6 Å². The van der Waals surface area contributed by atoms with Gasteiger partial charge in [-0.1, -0.05) is 0 Å². The van der Waals surface area contributed by atoms with Crippen LogP contribution in [0, 0.1) is 0 Å². The highest BCUT2D eigenvalue weighted by Crippen LogP contribution is 2.07. The van der Waals surface area contributed by atoms with Crippen LogP contribution >= 0.6 is 11.8 Å². The van der Waals surface area contributed by atoms with Gasteiger partial charge in [-0.2, -0.15) is 11.8 Å². The van der Waals surface area contributed by atoms with Crippen LogP contribution in [0.2, 0.25) is 0 Å². The zero-order valence-electron chi connectivity index (χ0n) is 8.01. The summed E-state index contributed by atoms with van der Waals surface area (Å²) in [5.74, 6) is 1.25. The highest BCUT2D eigenvalue weighted by Gasteiger charge is 2.16. The molecule has 1 rings (SSSR count). The average molecular weight is 189 g/mol. The molecule has 0 aromatic carbocycles. The van der Waals surface area contributed by atoms with Gasteiger partial charge in [0.05, 0.1) is 6.61 Å². The molecule has 2 atom stereocenters. The normalized spacial score (nSPS) is 26.0. The van der Waals surface area contributed by atoms with Gasteiger partial charge in [-0.15, -0.1) is 0 Å². The molecular weight excluding hydrogens is 170 g/mol. The zero-order valence-corrected chi connectivity index (χ0v) is 8.82. The first kappa shape index (κ1) is 10.4. The summed E-state index contributed by atoms with van der Waals surface area (Å²) in [5, 5.41) is 3.58. The molecule has 1 heterocycles. The molecule has 0 aromatic rings. The van der Waals surface area contributed by atoms with Gasteiger partial charge in [-0.05, 0) is 31.8 Å². The lowest BCUT2D eigenvalue weighted by Gasteiger charge is -2.17. The molecule has 0 spiro atoms. The first-order valence-corrected chi connectivity index (χ1v) is 6.05. The minimum atomic E-state index is 0.613. The van der Waals surface area contributed by atoms with Crippen LogP contribution in [-0.4, -0.2) is 37.3 Å². The lowest BCUT2D eigenvalue weighted by Crippen LogP contribution is -2.37. The Morgan fingerprint density at radius 1 is 1.67 bits per heavy atom. The van der Waals surface area contributed by atoms with E-state index in [2.05, 4.69) is 18.5 Å². The summed E-state index contributed by atoms with van der Waals surface area (Å²) in [5.41, 5.74) is 0. The Balaban J connectivity index is 2.03. The van der Waals surface area contributed by atoms with Crippen molar-refractivity contribution in [2.75, 3.05) is 25.2 Å². The number of thioether (sulfide) groups is 1. The van der Waals surface area contributed by atoms with E-state index in [1.54, 1.807) is 0 Å². The highest BCUT2D eigenvalue weighted by atomic mass is 32.2.